The second kappa shape index (κ2) is 7.12. The standard InChI is InChI=1S/C16H23N/c1-4-6-14(5-2)11-13(3)16-9-7-15(12-17)8-10-16/h7-10,13-14H,4-6,11H2,1-3H3. The van der Waals surface area contributed by atoms with E-state index in [0.29, 0.717) is 5.92 Å². The number of hydrogen-bond donors (Lipinski definition) is 0. The van der Waals surface area contributed by atoms with Crippen LogP contribution in [0.15, 0.2) is 24.3 Å². The molecule has 0 saturated heterocycles. The van der Waals surface area contributed by atoms with E-state index in [4.69, 9.17) is 5.26 Å². The third-order valence-electron chi connectivity index (χ3n) is 3.57. The molecule has 92 valence electrons. The third kappa shape index (κ3) is 4.23. The lowest BCUT2D eigenvalue weighted by molar-refractivity contribution is 0.403. The van der Waals surface area contributed by atoms with Crippen LogP contribution >= 0.6 is 0 Å². The summed E-state index contributed by atoms with van der Waals surface area (Å²) in [4.78, 5) is 0. The summed E-state index contributed by atoms with van der Waals surface area (Å²) in [6.45, 7) is 6.83. The molecule has 0 N–H and O–H groups in total. The zero-order chi connectivity index (χ0) is 12.7. The Labute approximate surface area is 105 Å². The Bertz CT molecular complexity index is 358. The van der Waals surface area contributed by atoms with E-state index in [-0.39, 0.29) is 0 Å². The topological polar surface area (TPSA) is 23.8 Å². The number of benzene rings is 1. The van der Waals surface area contributed by atoms with Gasteiger partial charge < -0.3 is 0 Å². The fourth-order valence-electron chi connectivity index (χ4n) is 2.42. The molecule has 1 rings (SSSR count). The maximum atomic E-state index is 8.77. The highest BCUT2D eigenvalue weighted by atomic mass is 14.2. The van der Waals surface area contributed by atoms with Crippen molar-refractivity contribution in [1.29, 1.82) is 5.26 Å². The van der Waals surface area contributed by atoms with Gasteiger partial charge in [0.05, 0.1) is 11.6 Å². The first-order valence-corrected chi connectivity index (χ1v) is 6.71. The molecule has 1 heteroatoms. The first-order valence-electron chi connectivity index (χ1n) is 6.71. The lowest BCUT2D eigenvalue weighted by atomic mass is 9.86. The van der Waals surface area contributed by atoms with Gasteiger partial charge in [0.1, 0.15) is 0 Å². The van der Waals surface area contributed by atoms with Gasteiger partial charge in [0, 0.05) is 0 Å². The van der Waals surface area contributed by atoms with Crippen LogP contribution in [0.3, 0.4) is 0 Å². The molecule has 0 bridgehead atoms. The SMILES string of the molecule is CCCC(CC)CC(C)c1ccc(C#N)cc1. The normalized spacial score (nSPS) is 14.0. The van der Waals surface area contributed by atoms with Crippen molar-refractivity contribution in [2.45, 2.75) is 52.4 Å². The molecule has 0 aliphatic rings. The Balaban J connectivity index is 2.62. The second-order valence-electron chi connectivity index (χ2n) is 4.93. The summed E-state index contributed by atoms with van der Waals surface area (Å²) in [5.74, 6) is 1.44. The van der Waals surface area contributed by atoms with Gasteiger partial charge in [-0.3, -0.25) is 0 Å². The average Bonchev–Trinajstić information content (AvgIpc) is 2.38. The summed E-state index contributed by atoms with van der Waals surface area (Å²) < 4.78 is 0. The number of nitrogens with zero attached hydrogens (tertiary/aromatic N) is 1. The Morgan fingerprint density at radius 3 is 2.29 bits per heavy atom. The van der Waals surface area contributed by atoms with Crippen molar-refractivity contribution in [3.05, 3.63) is 35.4 Å². The molecule has 0 saturated carbocycles. The molecule has 1 aromatic rings. The number of rotatable bonds is 6. The van der Waals surface area contributed by atoms with E-state index in [1.165, 1.54) is 31.2 Å². The molecule has 0 radical (unpaired) electrons. The number of hydrogen-bond acceptors (Lipinski definition) is 1. The van der Waals surface area contributed by atoms with Crippen LogP contribution in [0.4, 0.5) is 0 Å². The molecule has 17 heavy (non-hydrogen) atoms. The maximum absolute atomic E-state index is 8.77. The quantitative estimate of drug-likeness (QED) is 0.682. The molecule has 0 amide bonds. The van der Waals surface area contributed by atoms with Crippen molar-refractivity contribution in [2.75, 3.05) is 0 Å². The zero-order valence-electron chi connectivity index (χ0n) is 11.2. The molecule has 0 spiro atoms. The maximum Gasteiger partial charge on any atom is 0.0991 e. The second-order valence-corrected chi connectivity index (χ2v) is 4.93. The smallest absolute Gasteiger partial charge is 0.0991 e. The minimum atomic E-state index is 0.597. The van der Waals surface area contributed by atoms with Crippen molar-refractivity contribution >= 4 is 0 Å². The van der Waals surface area contributed by atoms with E-state index in [0.717, 1.165) is 11.5 Å². The van der Waals surface area contributed by atoms with Crippen LogP contribution in [0.5, 0.6) is 0 Å². The van der Waals surface area contributed by atoms with Gasteiger partial charge in [-0.1, -0.05) is 52.2 Å². The fourth-order valence-corrected chi connectivity index (χ4v) is 2.42. The fraction of sp³-hybridized carbons (Fsp3) is 0.562. The first kappa shape index (κ1) is 13.8. The lowest BCUT2D eigenvalue weighted by Crippen LogP contribution is -2.04. The van der Waals surface area contributed by atoms with E-state index in [2.05, 4.69) is 39.0 Å². The summed E-state index contributed by atoms with van der Waals surface area (Å²) in [6, 6.07) is 10.2. The Morgan fingerprint density at radius 1 is 1.18 bits per heavy atom. The number of nitriles is 1. The predicted molar refractivity (Wildman–Crippen MR) is 72.9 cm³/mol. The average molecular weight is 229 g/mol. The van der Waals surface area contributed by atoms with Crippen molar-refractivity contribution in [2.24, 2.45) is 5.92 Å². The van der Waals surface area contributed by atoms with Crippen LogP contribution in [-0.2, 0) is 0 Å². The zero-order valence-corrected chi connectivity index (χ0v) is 11.2. The van der Waals surface area contributed by atoms with Crippen LogP contribution in [0.2, 0.25) is 0 Å². The molecule has 0 aliphatic heterocycles. The largest absolute Gasteiger partial charge is 0.192 e. The van der Waals surface area contributed by atoms with Gasteiger partial charge in [0.15, 0.2) is 0 Å². The van der Waals surface area contributed by atoms with Crippen LogP contribution in [0, 0.1) is 17.2 Å². The van der Waals surface area contributed by atoms with Gasteiger partial charge in [-0.2, -0.15) is 5.26 Å². The van der Waals surface area contributed by atoms with E-state index >= 15 is 0 Å². The summed E-state index contributed by atoms with van der Waals surface area (Å²) in [6.07, 6.45) is 5.14. The third-order valence-corrected chi connectivity index (χ3v) is 3.57. The highest BCUT2D eigenvalue weighted by Gasteiger charge is 2.12. The van der Waals surface area contributed by atoms with Gasteiger partial charge in [0.25, 0.3) is 0 Å². The van der Waals surface area contributed by atoms with E-state index in [1.807, 2.05) is 12.1 Å². The van der Waals surface area contributed by atoms with E-state index in [1.54, 1.807) is 0 Å². The molecule has 0 aliphatic carbocycles. The summed E-state index contributed by atoms with van der Waals surface area (Å²) in [5, 5.41) is 8.77. The highest BCUT2D eigenvalue weighted by molar-refractivity contribution is 5.32. The molecule has 0 aromatic heterocycles. The van der Waals surface area contributed by atoms with E-state index < -0.39 is 0 Å². The van der Waals surface area contributed by atoms with Crippen LogP contribution in [-0.4, -0.2) is 0 Å². The molecule has 2 atom stereocenters. The Morgan fingerprint density at radius 2 is 1.82 bits per heavy atom. The molecule has 1 aromatic carbocycles. The summed E-state index contributed by atoms with van der Waals surface area (Å²) >= 11 is 0. The van der Waals surface area contributed by atoms with Crippen molar-refractivity contribution in [1.82, 2.24) is 0 Å². The summed E-state index contributed by atoms with van der Waals surface area (Å²) in [5.41, 5.74) is 2.11. The highest BCUT2D eigenvalue weighted by Crippen LogP contribution is 2.27. The monoisotopic (exact) mass is 229 g/mol. The Kier molecular flexibility index (Phi) is 5.77. The minimum absolute atomic E-state index is 0.597. The minimum Gasteiger partial charge on any atom is -0.192 e. The predicted octanol–water partition coefficient (Wildman–Crippen LogP) is 4.88. The molecule has 2 unspecified atom stereocenters. The van der Waals surface area contributed by atoms with Gasteiger partial charge in [-0.25, -0.2) is 0 Å². The van der Waals surface area contributed by atoms with Crippen LogP contribution < -0.4 is 0 Å². The van der Waals surface area contributed by atoms with Gasteiger partial charge >= 0.3 is 0 Å². The van der Waals surface area contributed by atoms with Gasteiger partial charge in [0.2, 0.25) is 0 Å². The first-order chi connectivity index (χ1) is 8.21. The molecule has 1 nitrogen and oxygen atoms in total. The summed E-state index contributed by atoms with van der Waals surface area (Å²) in [7, 11) is 0. The lowest BCUT2D eigenvalue weighted by Gasteiger charge is -2.19. The molecule has 0 fully saturated rings. The van der Waals surface area contributed by atoms with Gasteiger partial charge in [-0.05, 0) is 36.0 Å². The van der Waals surface area contributed by atoms with Crippen LogP contribution in [0.25, 0.3) is 0 Å². The van der Waals surface area contributed by atoms with Gasteiger partial charge in [-0.15, -0.1) is 0 Å². The van der Waals surface area contributed by atoms with Crippen molar-refractivity contribution in [3.63, 3.8) is 0 Å². The molecular weight excluding hydrogens is 206 g/mol. The van der Waals surface area contributed by atoms with Crippen molar-refractivity contribution < 1.29 is 0 Å². The van der Waals surface area contributed by atoms with Crippen molar-refractivity contribution in [3.8, 4) is 6.07 Å². The molecular formula is C16H23N. The Hall–Kier alpha value is -1.29. The molecule has 0 heterocycles. The van der Waals surface area contributed by atoms with E-state index in [9.17, 15) is 0 Å². The van der Waals surface area contributed by atoms with Crippen LogP contribution in [0.1, 0.15) is 63.5 Å².